The van der Waals surface area contributed by atoms with Crippen LogP contribution in [-0.4, -0.2) is 36.4 Å². The Bertz CT molecular complexity index is 557. The number of carbonyl (C=O) groups excluding carboxylic acids is 1. The van der Waals surface area contributed by atoms with E-state index in [2.05, 4.69) is 4.74 Å². The van der Waals surface area contributed by atoms with Gasteiger partial charge in [-0.05, 0) is 5.92 Å². The van der Waals surface area contributed by atoms with Crippen molar-refractivity contribution in [1.29, 1.82) is 0 Å². The highest BCUT2D eigenvalue weighted by molar-refractivity contribution is 5.70. The van der Waals surface area contributed by atoms with E-state index < -0.39 is 53.7 Å². The molecule has 1 aromatic carbocycles. The number of rotatable bonds is 8. The molecule has 0 radical (unpaired) electrons. The van der Waals surface area contributed by atoms with Gasteiger partial charge in [0.05, 0.1) is 13.0 Å². The molecule has 0 bridgehead atoms. The van der Waals surface area contributed by atoms with Crippen LogP contribution in [0.1, 0.15) is 20.3 Å². The lowest BCUT2D eigenvalue weighted by atomic mass is 10.1. The summed E-state index contributed by atoms with van der Waals surface area (Å²) in [7, 11) is 0. The summed E-state index contributed by atoms with van der Waals surface area (Å²) in [5.41, 5.74) is 5.56. The van der Waals surface area contributed by atoms with Crippen molar-refractivity contribution >= 4 is 5.97 Å². The fourth-order valence-electron chi connectivity index (χ4n) is 1.62. The fourth-order valence-corrected chi connectivity index (χ4v) is 1.62. The molecule has 1 aromatic rings. The van der Waals surface area contributed by atoms with Crippen LogP contribution >= 0.6 is 0 Å². The van der Waals surface area contributed by atoms with Crippen LogP contribution in [0.2, 0.25) is 0 Å². The second-order valence-electron chi connectivity index (χ2n) is 5.62. The van der Waals surface area contributed by atoms with Gasteiger partial charge in [-0.3, -0.25) is 4.79 Å². The normalized spacial score (nSPS) is 13.7. The molecule has 0 aliphatic heterocycles. The van der Waals surface area contributed by atoms with Gasteiger partial charge in [-0.1, -0.05) is 13.8 Å². The molecule has 5 nitrogen and oxygen atoms in total. The van der Waals surface area contributed by atoms with Crippen LogP contribution in [0.25, 0.3) is 0 Å². The first-order chi connectivity index (χ1) is 11.1. The van der Waals surface area contributed by atoms with Crippen molar-refractivity contribution in [3.05, 3.63) is 29.3 Å². The van der Waals surface area contributed by atoms with Crippen molar-refractivity contribution in [1.82, 2.24) is 0 Å². The summed E-state index contributed by atoms with van der Waals surface area (Å²) in [5, 5.41) is 9.74. The highest BCUT2D eigenvalue weighted by atomic mass is 19.2. The Labute approximate surface area is 136 Å². The molecule has 0 aliphatic carbocycles. The van der Waals surface area contributed by atoms with E-state index in [1.54, 1.807) is 0 Å². The molecule has 24 heavy (non-hydrogen) atoms. The Hall–Kier alpha value is -1.87. The van der Waals surface area contributed by atoms with Crippen LogP contribution in [-0.2, 0) is 9.53 Å². The molecule has 3 N–H and O–H groups in total. The fraction of sp³-hybridized carbons (Fsp3) is 0.533. The van der Waals surface area contributed by atoms with Crippen molar-refractivity contribution in [3.63, 3.8) is 0 Å². The van der Waals surface area contributed by atoms with Crippen LogP contribution in [0.4, 0.5) is 17.6 Å². The molecule has 0 saturated heterocycles. The lowest BCUT2D eigenvalue weighted by Gasteiger charge is -2.19. The predicted molar refractivity (Wildman–Crippen MR) is 76.2 cm³/mol. The van der Waals surface area contributed by atoms with Gasteiger partial charge in [0, 0.05) is 12.1 Å². The van der Waals surface area contributed by atoms with E-state index in [1.807, 2.05) is 13.8 Å². The lowest BCUT2D eigenvalue weighted by Crippen LogP contribution is -2.41. The van der Waals surface area contributed by atoms with E-state index in [9.17, 15) is 27.5 Å². The first kappa shape index (κ1) is 20.2. The number of ether oxygens (including phenoxy) is 2. The highest BCUT2D eigenvalue weighted by Gasteiger charge is 2.24. The van der Waals surface area contributed by atoms with E-state index in [0.717, 1.165) is 0 Å². The van der Waals surface area contributed by atoms with Crippen molar-refractivity contribution in [2.24, 2.45) is 11.7 Å². The maximum absolute atomic E-state index is 13.4. The third-order valence-corrected chi connectivity index (χ3v) is 2.94. The quantitative estimate of drug-likeness (QED) is 0.424. The average molecular weight is 353 g/mol. The molecule has 2 atom stereocenters. The molecule has 1 rings (SSSR count). The maximum Gasteiger partial charge on any atom is 0.307 e. The minimum Gasteiger partial charge on any atom is -0.485 e. The van der Waals surface area contributed by atoms with Gasteiger partial charge in [-0.15, -0.1) is 0 Å². The summed E-state index contributed by atoms with van der Waals surface area (Å²) in [6.07, 6.45) is -1.87. The Morgan fingerprint density at radius 3 is 2.21 bits per heavy atom. The Morgan fingerprint density at radius 2 is 1.71 bits per heavy atom. The summed E-state index contributed by atoms with van der Waals surface area (Å²) < 4.78 is 62.2. The van der Waals surface area contributed by atoms with E-state index in [1.165, 1.54) is 0 Å². The molecule has 0 saturated carbocycles. The molecular weight excluding hydrogens is 334 g/mol. The summed E-state index contributed by atoms with van der Waals surface area (Å²) in [4.78, 5) is 11.5. The van der Waals surface area contributed by atoms with E-state index in [0.29, 0.717) is 0 Å². The second-order valence-corrected chi connectivity index (χ2v) is 5.62. The molecule has 136 valence electrons. The molecule has 0 amide bonds. The van der Waals surface area contributed by atoms with Gasteiger partial charge in [-0.2, -0.15) is 8.78 Å². The Morgan fingerprint density at radius 1 is 1.17 bits per heavy atom. The molecule has 0 heterocycles. The van der Waals surface area contributed by atoms with Gasteiger partial charge < -0.3 is 20.3 Å². The number of hydrogen-bond donors (Lipinski definition) is 2. The number of carbonyl (C=O) groups is 1. The molecule has 0 aliphatic rings. The molecular formula is C15H19F4NO4. The number of aliphatic hydroxyl groups is 1. The topological polar surface area (TPSA) is 81.8 Å². The smallest absolute Gasteiger partial charge is 0.307 e. The highest BCUT2D eigenvalue weighted by Crippen LogP contribution is 2.26. The number of esters is 1. The zero-order valence-corrected chi connectivity index (χ0v) is 13.2. The van der Waals surface area contributed by atoms with Gasteiger partial charge in [-0.25, -0.2) is 8.78 Å². The van der Waals surface area contributed by atoms with Crippen molar-refractivity contribution < 1.29 is 36.9 Å². The van der Waals surface area contributed by atoms with Gasteiger partial charge in [0.1, 0.15) is 12.7 Å². The Kier molecular flexibility index (Phi) is 7.43. The van der Waals surface area contributed by atoms with Crippen LogP contribution < -0.4 is 10.5 Å². The molecule has 0 aromatic heterocycles. The summed E-state index contributed by atoms with van der Waals surface area (Å²) >= 11 is 0. The third-order valence-electron chi connectivity index (χ3n) is 2.94. The molecule has 9 heteroatoms. The molecule has 0 fully saturated rings. The zero-order valence-electron chi connectivity index (χ0n) is 13.2. The van der Waals surface area contributed by atoms with Crippen LogP contribution in [0.5, 0.6) is 5.75 Å². The SMILES string of the molecule is CC(C)COC(=O)C[C@H](N)C(O)COc1c(F)c(F)cc(F)c1F. The molecule has 0 spiro atoms. The van der Waals surface area contributed by atoms with Gasteiger partial charge in [0.15, 0.2) is 17.4 Å². The number of benzene rings is 1. The largest absolute Gasteiger partial charge is 0.485 e. The minimum atomic E-state index is -1.73. The average Bonchev–Trinajstić information content (AvgIpc) is 2.50. The summed E-state index contributed by atoms with van der Waals surface area (Å²) in [5.74, 6) is -8.59. The van der Waals surface area contributed by atoms with Crippen LogP contribution in [0.15, 0.2) is 6.07 Å². The number of nitrogens with two attached hydrogens (primary N) is 1. The number of hydrogen-bond acceptors (Lipinski definition) is 5. The standard InChI is InChI=1S/C15H19F4NO4/c1-7(2)5-23-12(22)4-10(20)11(21)6-24-15-13(18)8(16)3-9(17)14(15)19/h3,7,10-11,21H,4-6,20H2,1-2H3/t10-,11?/m0/s1. The first-order valence-corrected chi connectivity index (χ1v) is 7.18. The number of halogens is 4. The van der Waals surface area contributed by atoms with E-state index in [-0.39, 0.29) is 25.0 Å². The lowest BCUT2D eigenvalue weighted by molar-refractivity contribution is -0.145. The molecule has 1 unspecified atom stereocenters. The first-order valence-electron chi connectivity index (χ1n) is 7.18. The van der Waals surface area contributed by atoms with E-state index >= 15 is 0 Å². The number of aliphatic hydroxyl groups excluding tert-OH is 1. The second kappa shape index (κ2) is 8.84. The van der Waals surface area contributed by atoms with Crippen molar-refractivity contribution in [2.75, 3.05) is 13.2 Å². The van der Waals surface area contributed by atoms with Crippen LogP contribution in [0, 0.1) is 29.2 Å². The Balaban J connectivity index is 2.60. The monoisotopic (exact) mass is 353 g/mol. The summed E-state index contributed by atoms with van der Waals surface area (Å²) in [6, 6.07) is -1.11. The third kappa shape index (κ3) is 5.64. The predicted octanol–water partition coefficient (Wildman–Crippen LogP) is 1.90. The zero-order chi connectivity index (χ0) is 18.4. The van der Waals surface area contributed by atoms with E-state index in [4.69, 9.17) is 10.5 Å². The van der Waals surface area contributed by atoms with Gasteiger partial charge >= 0.3 is 5.97 Å². The van der Waals surface area contributed by atoms with Crippen LogP contribution in [0.3, 0.4) is 0 Å². The van der Waals surface area contributed by atoms with Crippen molar-refractivity contribution in [3.8, 4) is 5.75 Å². The maximum atomic E-state index is 13.4. The van der Waals surface area contributed by atoms with Crippen molar-refractivity contribution in [2.45, 2.75) is 32.4 Å². The minimum absolute atomic E-state index is 0.0322. The summed E-state index contributed by atoms with van der Waals surface area (Å²) in [6.45, 7) is 3.07. The van der Waals surface area contributed by atoms with Gasteiger partial charge in [0.25, 0.3) is 0 Å². The van der Waals surface area contributed by atoms with Gasteiger partial charge in [0.2, 0.25) is 11.6 Å².